The van der Waals surface area contributed by atoms with Gasteiger partial charge in [0.05, 0.1) is 11.5 Å². The zero-order chi connectivity index (χ0) is 17.6. The smallest absolute Gasteiger partial charge is 0.242 e. The normalized spacial score (nSPS) is 11.7. The molecule has 0 aliphatic heterocycles. The van der Waals surface area contributed by atoms with E-state index in [2.05, 4.69) is 5.32 Å². The Kier molecular flexibility index (Phi) is 6.36. The maximum absolute atomic E-state index is 12.0. The molecular formula is C18H24N2O3S. The average Bonchev–Trinajstić information content (AvgIpc) is 2.57. The minimum absolute atomic E-state index is 0.308. The summed E-state index contributed by atoms with van der Waals surface area (Å²) in [5, 5.41) is 3.35. The van der Waals surface area contributed by atoms with Crippen molar-refractivity contribution in [3.63, 3.8) is 0 Å². The highest BCUT2D eigenvalue weighted by atomic mass is 32.2. The Hall–Kier alpha value is -1.89. The summed E-state index contributed by atoms with van der Waals surface area (Å²) in [7, 11) is -0.306. The zero-order valence-electron chi connectivity index (χ0n) is 14.3. The van der Waals surface area contributed by atoms with Crippen molar-refractivity contribution in [1.29, 1.82) is 0 Å². The van der Waals surface area contributed by atoms with E-state index in [1.807, 2.05) is 43.3 Å². The lowest BCUT2D eigenvalue weighted by Crippen LogP contribution is -2.22. The molecule has 2 rings (SSSR count). The fraction of sp³-hybridized carbons (Fsp3) is 0.333. The van der Waals surface area contributed by atoms with Crippen molar-refractivity contribution >= 4 is 10.0 Å². The van der Waals surface area contributed by atoms with Crippen LogP contribution in [-0.4, -0.2) is 33.4 Å². The van der Waals surface area contributed by atoms with Gasteiger partial charge in [-0.25, -0.2) is 12.7 Å². The SMILES string of the molecule is CCOc1ccc(CNCc2ccc(S(=O)(=O)N(C)C)cc2)cc1. The van der Waals surface area contributed by atoms with E-state index in [0.717, 1.165) is 17.9 Å². The molecule has 1 N–H and O–H groups in total. The van der Waals surface area contributed by atoms with Crippen LogP contribution in [0.15, 0.2) is 53.4 Å². The number of nitrogens with one attached hydrogen (secondary N) is 1. The summed E-state index contributed by atoms with van der Waals surface area (Å²) >= 11 is 0. The van der Waals surface area contributed by atoms with E-state index in [1.54, 1.807) is 12.1 Å². The standard InChI is InChI=1S/C18H24N2O3S/c1-4-23-17-9-5-15(6-10-17)13-19-14-16-7-11-18(12-8-16)24(21,22)20(2)3/h5-12,19H,4,13-14H2,1-3H3. The fourth-order valence-electron chi connectivity index (χ4n) is 2.21. The predicted octanol–water partition coefficient (Wildman–Crippen LogP) is 2.63. The largest absolute Gasteiger partial charge is 0.494 e. The second-order valence-electron chi connectivity index (χ2n) is 5.61. The molecule has 2 aromatic carbocycles. The van der Waals surface area contributed by atoms with Crippen molar-refractivity contribution in [1.82, 2.24) is 9.62 Å². The van der Waals surface area contributed by atoms with Crippen LogP contribution in [0.2, 0.25) is 0 Å². The van der Waals surface area contributed by atoms with E-state index < -0.39 is 10.0 Å². The quantitative estimate of drug-likeness (QED) is 0.797. The second kappa shape index (κ2) is 8.28. The Balaban J connectivity index is 1.88. The molecule has 0 fully saturated rings. The maximum atomic E-state index is 12.0. The molecule has 0 radical (unpaired) electrons. The first-order chi connectivity index (χ1) is 11.4. The lowest BCUT2D eigenvalue weighted by atomic mass is 10.2. The highest BCUT2D eigenvalue weighted by molar-refractivity contribution is 7.89. The molecule has 2 aromatic rings. The van der Waals surface area contributed by atoms with Gasteiger partial charge in [-0.2, -0.15) is 0 Å². The van der Waals surface area contributed by atoms with Gasteiger partial charge in [0.1, 0.15) is 5.75 Å². The summed E-state index contributed by atoms with van der Waals surface area (Å²) in [5.41, 5.74) is 2.21. The van der Waals surface area contributed by atoms with Gasteiger partial charge in [-0.3, -0.25) is 0 Å². The molecular weight excluding hydrogens is 324 g/mol. The first-order valence-electron chi connectivity index (χ1n) is 7.87. The first-order valence-corrected chi connectivity index (χ1v) is 9.31. The van der Waals surface area contributed by atoms with E-state index in [9.17, 15) is 8.42 Å². The van der Waals surface area contributed by atoms with Crippen LogP contribution in [0.5, 0.6) is 5.75 Å². The molecule has 0 heterocycles. The summed E-state index contributed by atoms with van der Waals surface area (Å²) in [4.78, 5) is 0.308. The molecule has 0 aliphatic carbocycles. The second-order valence-corrected chi connectivity index (χ2v) is 7.76. The minimum atomic E-state index is -3.36. The van der Waals surface area contributed by atoms with Crippen LogP contribution < -0.4 is 10.1 Å². The molecule has 0 saturated carbocycles. The maximum Gasteiger partial charge on any atom is 0.242 e. The number of hydrogen-bond acceptors (Lipinski definition) is 4. The molecule has 6 heteroatoms. The van der Waals surface area contributed by atoms with E-state index in [1.165, 1.54) is 24.0 Å². The molecule has 0 aliphatic rings. The summed E-state index contributed by atoms with van der Waals surface area (Å²) in [6.45, 7) is 4.04. The lowest BCUT2D eigenvalue weighted by molar-refractivity contribution is 0.340. The van der Waals surface area contributed by atoms with Crippen molar-refractivity contribution in [2.45, 2.75) is 24.9 Å². The number of nitrogens with zero attached hydrogens (tertiary/aromatic N) is 1. The monoisotopic (exact) mass is 348 g/mol. The molecule has 0 aromatic heterocycles. The van der Waals surface area contributed by atoms with Gasteiger partial charge in [0.25, 0.3) is 0 Å². The molecule has 0 spiro atoms. The van der Waals surface area contributed by atoms with Gasteiger partial charge >= 0.3 is 0 Å². The summed E-state index contributed by atoms with van der Waals surface area (Å²) < 4.78 is 30.7. The number of sulfonamides is 1. The van der Waals surface area contributed by atoms with E-state index in [-0.39, 0.29) is 0 Å². The van der Waals surface area contributed by atoms with Gasteiger partial charge in [-0.1, -0.05) is 24.3 Å². The summed E-state index contributed by atoms with van der Waals surface area (Å²) in [6.07, 6.45) is 0. The van der Waals surface area contributed by atoms with Crippen molar-refractivity contribution in [2.24, 2.45) is 0 Å². The molecule has 0 atom stereocenters. The summed E-state index contributed by atoms with van der Waals surface area (Å²) in [6, 6.07) is 14.9. The lowest BCUT2D eigenvalue weighted by Gasteiger charge is -2.12. The third kappa shape index (κ3) is 4.80. The topological polar surface area (TPSA) is 58.6 Å². The minimum Gasteiger partial charge on any atom is -0.494 e. The Bertz CT molecular complexity index is 739. The van der Waals surface area contributed by atoms with Gasteiger partial charge in [0.2, 0.25) is 10.0 Å². The van der Waals surface area contributed by atoms with Gasteiger partial charge < -0.3 is 10.1 Å². The molecule has 0 bridgehead atoms. The summed E-state index contributed by atoms with van der Waals surface area (Å²) in [5.74, 6) is 0.874. The number of rotatable bonds is 8. The first kappa shape index (κ1) is 18.4. The van der Waals surface area contributed by atoms with Crippen molar-refractivity contribution in [3.8, 4) is 5.75 Å². The van der Waals surface area contributed by atoms with E-state index in [4.69, 9.17) is 4.74 Å². The van der Waals surface area contributed by atoms with Gasteiger partial charge in [-0.15, -0.1) is 0 Å². The fourth-order valence-corrected chi connectivity index (χ4v) is 3.11. The zero-order valence-corrected chi connectivity index (χ0v) is 15.1. The van der Waals surface area contributed by atoms with Gasteiger partial charge in [-0.05, 0) is 42.3 Å². The van der Waals surface area contributed by atoms with Crippen LogP contribution in [-0.2, 0) is 23.1 Å². The Morgan fingerprint density at radius 2 is 1.42 bits per heavy atom. The molecule has 24 heavy (non-hydrogen) atoms. The van der Waals surface area contributed by atoms with Crippen molar-refractivity contribution in [2.75, 3.05) is 20.7 Å². The molecule has 5 nitrogen and oxygen atoms in total. The van der Waals surface area contributed by atoms with Gasteiger partial charge in [0.15, 0.2) is 0 Å². The Morgan fingerprint density at radius 1 is 0.917 bits per heavy atom. The number of hydrogen-bond donors (Lipinski definition) is 1. The highest BCUT2D eigenvalue weighted by Crippen LogP contribution is 2.14. The molecule has 130 valence electrons. The van der Waals surface area contributed by atoms with Crippen molar-refractivity contribution in [3.05, 3.63) is 59.7 Å². The van der Waals surface area contributed by atoms with Crippen LogP contribution in [0.25, 0.3) is 0 Å². The van der Waals surface area contributed by atoms with E-state index >= 15 is 0 Å². The van der Waals surface area contributed by atoms with Crippen LogP contribution >= 0.6 is 0 Å². The Labute approximate surface area is 144 Å². The molecule has 0 saturated heterocycles. The predicted molar refractivity (Wildman–Crippen MR) is 95.5 cm³/mol. The third-order valence-corrected chi connectivity index (χ3v) is 5.42. The van der Waals surface area contributed by atoms with Crippen LogP contribution in [0.3, 0.4) is 0 Å². The number of ether oxygens (including phenoxy) is 1. The van der Waals surface area contributed by atoms with Gasteiger partial charge in [0, 0.05) is 27.2 Å². The Morgan fingerprint density at radius 3 is 1.88 bits per heavy atom. The molecule has 0 unspecified atom stereocenters. The van der Waals surface area contributed by atoms with E-state index in [0.29, 0.717) is 18.0 Å². The van der Waals surface area contributed by atoms with Crippen LogP contribution in [0, 0.1) is 0 Å². The van der Waals surface area contributed by atoms with Crippen LogP contribution in [0.4, 0.5) is 0 Å². The van der Waals surface area contributed by atoms with Crippen molar-refractivity contribution < 1.29 is 13.2 Å². The number of benzene rings is 2. The average molecular weight is 348 g/mol. The highest BCUT2D eigenvalue weighted by Gasteiger charge is 2.16. The van der Waals surface area contributed by atoms with Crippen LogP contribution in [0.1, 0.15) is 18.1 Å². The molecule has 0 amide bonds. The third-order valence-electron chi connectivity index (χ3n) is 3.59.